The number of imidazole rings is 1. The van der Waals surface area contributed by atoms with Crippen LogP contribution in [0.25, 0.3) is 11.3 Å². The molecule has 2 aliphatic rings. The molecule has 22 heteroatoms. The first kappa shape index (κ1) is 59.3. The van der Waals surface area contributed by atoms with Crippen molar-refractivity contribution < 1.29 is 60.5 Å². The van der Waals surface area contributed by atoms with Crippen LogP contribution in [-0.4, -0.2) is 118 Å². The van der Waals surface area contributed by atoms with Crippen LogP contribution in [0.5, 0.6) is 11.5 Å². The summed E-state index contributed by atoms with van der Waals surface area (Å²) in [6.07, 6.45) is -1.67. The molecule has 0 spiro atoms. The molecule has 1 saturated heterocycles. The van der Waals surface area contributed by atoms with Crippen molar-refractivity contribution in [1.82, 2.24) is 35.3 Å². The quantitative estimate of drug-likeness (QED) is 0.0504. The Morgan fingerprint density at radius 2 is 1.64 bits per heavy atom. The molecule has 76 heavy (non-hydrogen) atoms. The van der Waals surface area contributed by atoms with Gasteiger partial charge in [-0.3, -0.25) is 24.1 Å². The minimum Gasteiger partial charge on any atom is -0.469 e. The predicted molar refractivity (Wildman–Crippen MR) is 277 cm³/mol. The number of rotatable bonds is 22. The molecule has 1 saturated carbocycles. The van der Waals surface area contributed by atoms with Gasteiger partial charge in [-0.15, -0.1) is 0 Å². The van der Waals surface area contributed by atoms with E-state index in [-0.39, 0.29) is 67.7 Å². The van der Waals surface area contributed by atoms with E-state index >= 15 is 4.39 Å². The molecular weight excluding hydrogens is 1040 g/mol. The summed E-state index contributed by atoms with van der Waals surface area (Å²) in [4.78, 5) is 74.8. The highest BCUT2D eigenvalue weighted by molar-refractivity contribution is 6.31. The van der Waals surface area contributed by atoms with E-state index in [0.29, 0.717) is 35.9 Å². The Balaban J connectivity index is 1.12. The predicted octanol–water partition coefficient (Wildman–Crippen LogP) is 9.47. The molecule has 1 aromatic heterocycles. The van der Waals surface area contributed by atoms with Crippen molar-refractivity contribution >= 4 is 53.0 Å². The fraction of sp³-hybridized carbons (Fsp3) is 0.519. The number of hydrogen-bond acceptors (Lipinski definition) is 11. The summed E-state index contributed by atoms with van der Waals surface area (Å²) in [6, 6.07) is 14.4. The number of carbonyl (C=O) groups is 5. The van der Waals surface area contributed by atoms with Crippen LogP contribution in [0.4, 0.5) is 22.4 Å². The van der Waals surface area contributed by atoms with Crippen LogP contribution in [0, 0.1) is 11.7 Å². The molecule has 1 aliphatic heterocycles. The lowest BCUT2D eigenvalue weighted by molar-refractivity contribution is -0.165. The summed E-state index contributed by atoms with van der Waals surface area (Å²) < 4.78 is 80.6. The maximum atomic E-state index is 15.7. The Hall–Kier alpha value is -5.96. The van der Waals surface area contributed by atoms with E-state index in [9.17, 15) is 37.1 Å². The van der Waals surface area contributed by atoms with Gasteiger partial charge in [0.15, 0.2) is 0 Å². The smallest absolute Gasteiger partial charge is 0.410 e. The lowest BCUT2D eigenvalue weighted by atomic mass is 9.82. The highest BCUT2D eigenvalue weighted by Crippen LogP contribution is 2.35. The molecule has 0 unspecified atom stereocenters. The van der Waals surface area contributed by atoms with Gasteiger partial charge in [0.1, 0.15) is 34.8 Å². The van der Waals surface area contributed by atoms with Crippen LogP contribution in [0.1, 0.15) is 96.0 Å². The van der Waals surface area contributed by atoms with E-state index in [1.54, 1.807) is 47.5 Å². The van der Waals surface area contributed by atoms with Crippen LogP contribution >= 0.6 is 23.2 Å². The number of carbonyl (C=O) groups excluding carboxylic acids is 5. The number of aromatic nitrogens is 2. The summed E-state index contributed by atoms with van der Waals surface area (Å²) in [7, 11) is 4.23. The summed E-state index contributed by atoms with van der Waals surface area (Å²) in [5.41, 5.74) is 0.647. The number of piperidine rings is 1. The number of likely N-dealkylation sites (tertiary alicyclic amines) is 1. The standard InChI is InChI=1S/C54H67Cl2F4N7O9/c1-33(48(69)63-43(31-73-6)49(70)64-53(22-20-34-12-16-37(55)17-13-34)21-9-23-66(32-53)50(71)36(24-47(68)74-7)27-54(58,59)60)61-28-41-42(57)25-38(56)26-45(41)75-40-18-14-35(15-19-40)44-29-62-46(65(44)5)30-67(39-10-8-11-39)51(72)76-52(2,3)4/h12-19,25-26,29,33,36,39,43,61H,8-11,20-24,27-28,30-32H2,1-7H3,(H,63,69)(H,64,70)/t33-,36-,43-,53+/m0/s1. The Morgan fingerprint density at radius 1 is 0.947 bits per heavy atom. The van der Waals surface area contributed by atoms with E-state index in [1.807, 2.05) is 44.5 Å². The lowest BCUT2D eigenvalue weighted by Crippen LogP contribution is -2.64. The normalized spacial score (nSPS) is 17.2. The van der Waals surface area contributed by atoms with Gasteiger partial charge in [0.05, 0.1) is 62.5 Å². The Labute approximate surface area is 450 Å². The van der Waals surface area contributed by atoms with Gasteiger partial charge in [-0.1, -0.05) is 35.3 Å². The topological polar surface area (TPSA) is 183 Å². The van der Waals surface area contributed by atoms with Crippen molar-refractivity contribution in [1.29, 1.82) is 0 Å². The number of ether oxygens (including phenoxy) is 4. The Kier molecular flexibility index (Phi) is 20.2. The zero-order valence-electron chi connectivity index (χ0n) is 43.8. The summed E-state index contributed by atoms with van der Waals surface area (Å²) >= 11 is 12.4. The first-order valence-corrected chi connectivity index (χ1v) is 25.9. The largest absolute Gasteiger partial charge is 0.469 e. The van der Waals surface area contributed by atoms with Gasteiger partial charge >= 0.3 is 18.2 Å². The van der Waals surface area contributed by atoms with Crippen LogP contribution in [0.15, 0.2) is 66.9 Å². The molecule has 6 rings (SSSR count). The van der Waals surface area contributed by atoms with Crippen LogP contribution in [0.2, 0.25) is 10.0 Å². The molecule has 1 aliphatic carbocycles. The van der Waals surface area contributed by atoms with Gasteiger partial charge in [0, 0.05) is 61.0 Å². The molecule has 2 fully saturated rings. The third-order valence-corrected chi connectivity index (χ3v) is 14.0. The van der Waals surface area contributed by atoms with Crippen molar-refractivity contribution in [3.05, 3.63) is 99.7 Å². The monoisotopic (exact) mass is 1100 g/mol. The summed E-state index contributed by atoms with van der Waals surface area (Å²) in [6.45, 7) is 6.69. The number of benzene rings is 3. The Morgan fingerprint density at radius 3 is 2.26 bits per heavy atom. The summed E-state index contributed by atoms with van der Waals surface area (Å²) in [5.74, 6) is -4.56. The van der Waals surface area contributed by atoms with Crippen molar-refractivity contribution in [3.63, 3.8) is 0 Å². The van der Waals surface area contributed by atoms with E-state index in [4.69, 9.17) is 37.4 Å². The first-order valence-electron chi connectivity index (χ1n) is 25.1. The van der Waals surface area contributed by atoms with Gasteiger partial charge in [0.25, 0.3) is 0 Å². The van der Waals surface area contributed by atoms with Crippen LogP contribution < -0.4 is 20.7 Å². The molecule has 0 bridgehead atoms. The third kappa shape index (κ3) is 16.5. The molecule has 4 aromatic rings. The number of amides is 4. The second kappa shape index (κ2) is 25.9. The van der Waals surface area contributed by atoms with E-state index < -0.39 is 77.7 Å². The molecule has 16 nitrogen and oxygen atoms in total. The van der Waals surface area contributed by atoms with Crippen molar-refractivity contribution in [2.45, 2.75) is 134 Å². The summed E-state index contributed by atoms with van der Waals surface area (Å²) in [5, 5.41) is 9.28. The van der Waals surface area contributed by atoms with Crippen LogP contribution in [0.3, 0.4) is 0 Å². The number of nitrogens with zero attached hydrogens (tertiary/aromatic N) is 4. The molecule has 3 N–H and O–H groups in total. The molecular formula is C54H67Cl2F4N7O9. The average molecular weight is 1110 g/mol. The van der Waals surface area contributed by atoms with E-state index in [1.165, 1.54) is 25.0 Å². The second-order valence-corrected chi connectivity index (χ2v) is 21.4. The fourth-order valence-corrected chi connectivity index (χ4v) is 9.50. The minimum absolute atomic E-state index is 0.0553. The first-order chi connectivity index (χ1) is 35.9. The molecule has 3 aromatic carbocycles. The zero-order chi connectivity index (χ0) is 55.5. The molecule has 4 atom stereocenters. The van der Waals surface area contributed by atoms with Crippen molar-refractivity contribution in [2.75, 3.05) is 33.9 Å². The fourth-order valence-electron chi connectivity index (χ4n) is 9.17. The maximum absolute atomic E-state index is 15.7. The van der Waals surface area contributed by atoms with Gasteiger partial charge < -0.3 is 44.4 Å². The number of methoxy groups -OCH3 is 2. The second-order valence-electron chi connectivity index (χ2n) is 20.5. The molecule has 2 heterocycles. The lowest BCUT2D eigenvalue weighted by Gasteiger charge is -2.45. The number of halogens is 6. The average Bonchev–Trinajstić information content (AvgIpc) is 3.70. The van der Waals surface area contributed by atoms with Gasteiger partial charge in [-0.2, -0.15) is 13.2 Å². The SMILES string of the molecule is COC[C@H](NC(=O)[C@H](C)NCc1c(F)cc(Cl)cc1Oc1ccc(-c2cnc(CN(C(=O)OC(C)(C)C)C3CCC3)n2C)cc1)C(=O)N[C@@]1(CCc2ccc(Cl)cc2)CCCN(C(=O)[C@@H](CC(=O)OC)CC(F)(F)F)C1. The van der Waals surface area contributed by atoms with E-state index in [0.717, 1.165) is 49.3 Å². The van der Waals surface area contributed by atoms with Gasteiger partial charge in [-0.25, -0.2) is 14.2 Å². The minimum atomic E-state index is -4.76. The molecule has 414 valence electrons. The number of nitrogens with one attached hydrogen (secondary N) is 3. The van der Waals surface area contributed by atoms with Gasteiger partial charge in [-0.05, 0) is 127 Å². The maximum Gasteiger partial charge on any atom is 0.410 e. The van der Waals surface area contributed by atoms with Crippen LogP contribution in [-0.2, 0) is 59.9 Å². The number of esters is 1. The highest BCUT2D eigenvalue weighted by atomic mass is 35.5. The number of aryl methyl sites for hydroxylation is 1. The van der Waals surface area contributed by atoms with E-state index in [2.05, 4.69) is 25.7 Å². The number of alkyl halides is 3. The highest BCUT2D eigenvalue weighted by Gasteiger charge is 2.44. The van der Waals surface area contributed by atoms with Crippen molar-refractivity contribution in [2.24, 2.45) is 13.0 Å². The zero-order valence-corrected chi connectivity index (χ0v) is 45.3. The number of hydrogen-bond donors (Lipinski definition) is 3. The third-order valence-electron chi connectivity index (χ3n) is 13.5. The Bertz CT molecular complexity index is 2660. The molecule has 0 radical (unpaired) electrons. The van der Waals surface area contributed by atoms with Gasteiger partial charge in [0.2, 0.25) is 17.7 Å². The van der Waals surface area contributed by atoms with Crippen molar-refractivity contribution in [3.8, 4) is 22.8 Å². The molecule has 4 amide bonds.